The van der Waals surface area contributed by atoms with Crippen LogP contribution in [-0.4, -0.2) is 26.1 Å². The van der Waals surface area contributed by atoms with Crippen molar-refractivity contribution in [2.75, 3.05) is 20.2 Å². The van der Waals surface area contributed by atoms with E-state index in [1.54, 1.807) is 7.11 Å². The number of benzene rings is 1. The van der Waals surface area contributed by atoms with E-state index < -0.39 is 0 Å². The Morgan fingerprint density at radius 2 is 2.05 bits per heavy atom. The van der Waals surface area contributed by atoms with Crippen LogP contribution in [0.15, 0.2) is 24.3 Å². The summed E-state index contributed by atoms with van der Waals surface area (Å²) < 4.78 is 5.13. The van der Waals surface area contributed by atoms with Crippen LogP contribution in [-0.2, 0) is 4.79 Å². The first-order chi connectivity index (χ1) is 8.74. The summed E-state index contributed by atoms with van der Waals surface area (Å²) in [6.07, 6.45) is 0.887. The van der Waals surface area contributed by atoms with Gasteiger partial charge in [0.1, 0.15) is 5.75 Å². The van der Waals surface area contributed by atoms with Gasteiger partial charge in [-0.15, -0.1) is 12.4 Å². The van der Waals surface area contributed by atoms with Gasteiger partial charge < -0.3 is 15.4 Å². The van der Waals surface area contributed by atoms with Crippen LogP contribution in [0.25, 0.3) is 0 Å². The van der Waals surface area contributed by atoms with Gasteiger partial charge >= 0.3 is 0 Å². The molecule has 2 rings (SSSR count). The van der Waals surface area contributed by atoms with E-state index in [0.29, 0.717) is 0 Å². The van der Waals surface area contributed by atoms with Crippen molar-refractivity contribution in [3.63, 3.8) is 0 Å². The number of methoxy groups -OCH3 is 1. The van der Waals surface area contributed by atoms with Gasteiger partial charge in [0.2, 0.25) is 5.91 Å². The predicted octanol–water partition coefficient (Wildman–Crippen LogP) is 1.90. The van der Waals surface area contributed by atoms with Crippen LogP contribution in [0.2, 0.25) is 0 Å². The molecule has 1 saturated heterocycles. The molecule has 1 atom stereocenters. The lowest BCUT2D eigenvalue weighted by Gasteiger charge is -2.28. The molecule has 2 N–H and O–H groups in total. The molecular formula is C14H21ClN2O2. The zero-order valence-corrected chi connectivity index (χ0v) is 12.1. The largest absolute Gasteiger partial charge is 0.497 e. The van der Waals surface area contributed by atoms with Gasteiger partial charge in [-0.25, -0.2) is 0 Å². The third kappa shape index (κ3) is 3.85. The van der Waals surface area contributed by atoms with Crippen molar-refractivity contribution in [1.82, 2.24) is 10.6 Å². The first-order valence-electron chi connectivity index (χ1n) is 6.39. The summed E-state index contributed by atoms with van der Waals surface area (Å²) >= 11 is 0. The topological polar surface area (TPSA) is 50.4 Å². The normalized spacial score (nSPS) is 15.9. The molecular weight excluding hydrogens is 264 g/mol. The van der Waals surface area contributed by atoms with E-state index >= 15 is 0 Å². The Kier molecular flexibility index (Phi) is 6.12. The first kappa shape index (κ1) is 15.8. The molecule has 0 radical (unpaired) electrons. The van der Waals surface area contributed by atoms with Gasteiger partial charge in [-0.2, -0.15) is 0 Å². The van der Waals surface area contributed by atoms with Crippen LogP contribution >= 0.6 is 12.4 Å². The highest BCUT2D eigenvalue weighted by Gasteiger charge is 2.26. The minimum Gasteiger partial charge on any atom is -0.497 e. The monoisotopic (exact) mass is 284 g/mol. The molecule has 1 unspecified atom stereocenters. The van der Waals surface area contributed by atoms with Crippen molar-refractivity contribution in [2.45, 2.75) is 19.4 Å². The lowest BCUT2D eigenvalue weighted by molar-refractivity contribution is -0.127. The highest BCUT2D eigenvalue weighted by Crippen LogP contribution is 2.20. The highest BCUT2D eigenvalue weighted by atomic mass is 35.5. The van der Waals surface area contributed by atoms with E-state index in [0.717, 1.165) is 30.8 Å². The minimum absolute atomic E-state index is 0. The third-order valence-corrected chi connectivity index (χ3v) is 3.40. The number of carbonyl (C=O) groups excluding carboxylic acids is 1. The Morgan fingerprint density at radius 1 is 1.42 bits per heavy atom. The van der Waals surface area contributed by atoms with Crippen LogP contribution in [0.4, 0.5) is 0 Å². The summed E-state index contributed by atoms with van der Waals surface area (Å²) in [5.41, 5.74) is 1.12. The summed E-state index contributed by atoms with van der Waals surface area (Å²) in [6.45, 7) is 3.67. The van der Waals surface area contributed by atoms with E-state index in [9.17, 15) is 4.79 Å². The molecule has 106 valence electrons. The molecule has 0 aliphatic carbocycles. The van der Waals surface area contributed by atoms with Crippen molar-refractivity contribution in [3.8, 4) is 5.75 Å². The van der Waals surface area contributed by atoms with Gasteiger partial charge in [0, 0.05) is 13.1 Å². The fourth-order valence-electron chi connectivity index (χ4n) is 2.02. The van der Waals surface area contributed by atoms with Crippen molar-refractivity contribution in [3.05, 3.63) is 29.8 Å². The van der Waals surface area contributed by atoms with Crippen molar-refractivity contribution in [1.29, 1.82) is 0 Å². The average Bonchev–Trinajstić information content (AvgIpc) is 2.34. The molecule has 1 aliphatic heterocycles. The molecule has 4 nitrogen and oxygen atoms in total. The fourth-order valence-corrected chi connectivity index (χ4v) is 2.02. The SMILES string of the molecule is CCC(NC(=O)C1CNC1)c1ccc(OC)cc1.Cl. The molecule has 0 bridgehead atoms. The van der Waals surface area contributed by atoms with Crippen LogP contribution < -0.4 is 15.4 Å². The Morgan fingerprint density at radius 3 is 2.47 bits per heavy atom. The maximum atomic E-state index is 11.9. The predicted molar refractivity (Wildman–Crippen MR) is 77.8 cm³/mol. The maximum absolute atomic E-state index is 11.9. The summed E-state index contributed by atoms with van der Waals surface area (Å²) in [7, 11) is 1.65. The number of halogens is 1. The fraction of sp³-hybridized carbons (Fsp3) is 0.500. The summed E-state index contributed by atoms with van der Waals surface area (Å²) in [5, 5.41) is 6.21. The average molecular weight is 285 g/mol. The van der Waals surface area contributed by atoms with Crippen molar-refractivity contribution in [2.24, 2.45) is 5.92 Å². The maximum Gasteiger partial charge on any atom is 0.226 e. The van der Waals surface area contributed by atoms with Gasteiger partial charge in [-0.1, -0.05) is 19.1 Å². The Labute approximate surface area is 120 Å². The van der Waals surface area contributed by atoms with Gasteiger partial charge in [-0.3, -0.25) is 4.79 Å². The summed E-state index contributed by atoms with van der Waals surface area (Å²) in [5.74, 6) is 1.12. The Hall–Kier alpha value is -1.26. The molecule has 1 aromatic carbocycles. The molecule has 0 spiro atoms. The number of rotatable bonds is 5. The van der Waals surface area contributed by atoms with E-state index in [4.69, 9.17) is 4.74 Å². The van der Waals surface area contributed by atoms with Gasteiger partial charge in [0.15, 0.2) is 0 Å². The van der Waals surface area contributed by atoms with E-state index in [1.165, 1.54) is 0 Å². The van der Waals surface area contributed by atoms with E-state index in [-0.39, 0.29) is 30.3 Å². The minimum atomic E-state index is 0. The van der Waals surface area contributed by atoms with Crippen molar-refractivity contribution >= 4 is 18.3 Å². The van der Waals surface area contributed by atoms with Gasteiger partial charge in [0.05, 0.1) is 19.1 Å². The molecule has 1 amide bonds. The number of hydrogen-bond acceptors (Lipinski definition) is 3. The van der Waals surface area contributed by atoms with Crippen LogP contribution in [0, 0.1) is 5.92 Å². The quantitative estimate of drug-likeness (QED) is 0.868. The van der Waals surface area contributed by atoms with Crippen molar-refractivity contribution < 1.29 is 9.53 Å². The summed E-state index contributed by atoms with van der Waals surface area (Å²) in [6, 6.07) is 7.95. The molecule has 1 heterocycles. The molecule has 1 aliphatic rings. The second-order valence-electron chi connectivity index (χ2n) is 4.60. The number of carbonyl (C=O) groups is 1. The molecule has 1 aromatic rings. The number of amides is 1. The standard InChI is InChI=1S/C14H20N2O2.ClH/c1-3-13(16-14(17)11-8-15-9-11)10-4-6-12(18-2)7-5-10;/h4-7,11,13,15H,3,8-9H2,1-2H3,(H,16,17);1H. The lowest BCUT2D eigenvalue weighted by Crippen LogP contribution is -2.51. The van der Waals surface area contributed by atoms with E-state index in [2.05, 4.69) is 17.6 Å². The van der Waals surface area contributed by atoms with Crippen LogP contribution in [0.1, 0.15) is 24.9 Å². The second-order valence-corrected chi connectivity index (χ2v) is 4.60. The molecule has 19 heavy (non-hydrogen) atoms. The van der Waals surface area contributed by atoms with Gasteiger partial charge in [0.25, 0.3) is 0 Å². The Bertz CT molecular complexity index is 404. The van der Waals surface area contributed by atoms with E-state index in [1.807, 2.05) is 24.3 Å². The zero-order valence-electron chi connectivity index (χ0n) is 11.3. The molecule has 0 saturated carbocycles. The first-order valence-corrected chi connectivity index (χ1v) is 6.39. The zero-order chi connectivity index (χ0) is 13.0. The third-order valence-electron chi connectivity index (χ3n) is 3.40. The lowest BCUT2D eigenvalue weighted by atomic mass is 9.99. The summed E-state index contributed by atoms with van der Waals surface area (Å²) in [4.78, 5) is 11.9. The number of hydrogen-bond donors (Lipinski definition) is 2. The smallest absolute Gasteiger partial charge is 0.226 e. The Balaban J connectivity index is 0.00000180. The number of ether oxygens (including phenoxy) is 1. The highest BCUT2D eigenvalue weighted by molar-refractivity contribution is 5.85. The second kappa shape index (κ2) is 7.36. The molecule has 1 fully saturated rings. The number of nitrogens with one attached hydrogen (secondary N) is 2. The van der Waals surface area contributed by atoms with Gasteiger partial charge in [-0.05, 0) is 24.1 Å². The van der Waals surface area contributed by atoms with Crippen LogP contribution in [0.5, 0.6) is 5.75 Å². The molecule has 5 heteroatoms. The molecule has 0 aromatic heterocycles. The van der Waals surface area contributed by atoms with Crippen LogP contribution in [0.3, 0.4) is 0 Å².